The molecule has 0 spiro atoms. The summed E-state index contributed by atoms with van der Waals surface area (Å²) >= 11 is 0. The predicted molar refractivity (Wildman–Crippen MR) is 98.6 cm³/mol. The lowest BCUT2D eigenvalue weighted by molar-refractivity contribution is -0.136. The van der Waals surface area contributed by atoms with Crippen molar-refractivity contribution in [2.45, 2.75) is 58.9 Å². The van der Waals surface area contributed by atoms with Gasteiger partial charge in [-0.05, 0) is 38.5 Å². The summed E-state index contributed by atoms with van der Waals surface area (Å²) in [6, 6.07) is 0.0901. The molecule has 2 fully saturated rings. The van der Waals surface area contributed by atoms with E-state index in [0.717, 1.165) is 38.8 Å². The molecule has 0 saturated carbocycles. The van der Waals surface area contributed by atoms with Crippen LogP contribution >= 0.6 is 0 Å². The Morgan fingerprint density at radius 1 is 1.00 bits per heavy atom. The van der Waals surface area contributed by atoms with Crippen molar-refractivity contribution in [1.29, 1.82) is 0 Å². The summed E-state index contributed by atoms with van der Waals surface area (Å²) in [5.41, 5.74) is 0. The fourth-order valence-corrected chi connectivity index (χ4v) is 3.80. The molecule has 0 N–H and O–H groups in total. The summed E-state index contributed by atoms with van der Waals surface area (Å²) in [6.07, 6.45) is 3.69. The molecule has 0 aliphatic carbocycles. The molecule has 0 bridgehead atoms. The zero-order chi connectivity index (χ0) is 19.1. The highest BCUT2D eigenvalue weighted by molar-refractivity contribution is 5.78. The molecule has 148 valence electrons. The van der Waals surface area contributed by atoms with Crippen LogP contribution < -0.4 is 0 Å². The molecule has 2 saturated heterocycles. The summed E-state index contributed by atoms with van der Waals surface area (Å²) < 4.78 is 5.03. The van der Waals surface area contributed by atoms with Gasteiger partial charge in [0.15, 0.2) is 0 Å². The quantitative estimate of drug-likeness (QED) is 0.746. The Balaban J connectivity index is 1.81. The smallest absolute Gasteiger partial charge is 0.409 e. The highest BCUT2D eigenvalue weighted by atomic mass is 16.6. The summed E-state index contributed by atoms with van der Waals surface area (Å²) in [5.74, 6) is 0.837. The number of nitrogens with zero attached hydrogens (tertiary/aromatic N) is 3. The number of likely N-dealkylation sites (tertiary alicyclic amines) is 2. The van der Waals surface area contributed by atoms with Gasteiger partial charge in [0, 0.05) is 52.1 Å². The van der Waals surface area contributed by atoms with Gasteiger partial charge in [0.2, 0.25) is 11.8 Å². The Hall–Kier alpha value is -1.79. The van der Waals surface area contributed by atoms with Crippen LogP contribution in [0.1, 0.15) is 52.9 Å². The first kappa shape index (κ1) is 20.5. The van der Waals surface area contributed by atoms with Crippen molar-refractivity contribution < 1.29 is 19.1 Å². The third-order valence-electron chi connectivity index (χ3n) is 5.54. The van der Waals surface area contributed by atoms with Crippen molar-refractivity contribution in [1.82, 2.24) is 14.7 Å². The van der Waals surface area contributed by atoms with E-state index in [9.17, 15) is 14.4 Å². The maximum Gasteiger partial charge on any atom is 0.409 e. The van der Waals surface area contributed by atoms with E-state index >= 15 is 0 Å². The molecule has 0 aromatic rings. The van der Waals surface area contributed by atoms with Gasteiger partial charge in [-0.1, -0.05) is 6.92 Å². The van der Waals surface area contributed by atoms with Crippen molar-refractivity contribution >= 4 is 17.9 Å². The lowest BCUT2D eigenvalue weighted by Gasteiger charge is -2.38. The Morgan fingerprint density at radius 3 is 2.12 bits per heavy atom. The van der Waals surface area contributed by atoms with Crippen LogP contribution in [0.4, 0.5) is 4.79 Å². The number of hydrogen-bond donors (Lipinski definition) is 0. The molecule has 7 nitrogen and oxygen atoms in total. The highest BCUT2D eigenvalue weighted by Gasteiger charge is 2.29. The van der Waals surface area contributed by atoms with Crippen molar-refractivity contribution in [3.63, 3.8) is 0 Å². The van der Waals surface area contributed by atoms with Crippen molar-refractivity contribution in [3.05, 3.63) is 0 Å². The van der Waals surface area contributed by atoms with E-state index in [-0.39, 0.29) is 23.9 Å². The van der Waals surface area contributed by atoms with Gasteiger partial charge < -0.3 is 19.4 Å². The SMILES string of the molecule is CCOC(=O)N1CCC(N(CCC(=O)N2CCC(C)CC2)C(C)=O)CC1. The third kappa shape index (κ3) is 5.61. The molecule has 0 atom stereocenters. The molecule has 2 rings (SSSR count). The average molecular weight is 367 g/mol. The number of carbonyl (C=O) groups excluding carboxylic acids is 3. The minimum Gasteiger partial charge on any atom is -0.450 e. The third-order valence-corrected chi connectivity index (χ3v) is 5.54. The van der Waals surface area contributed by atoms with Gasteiger partial charge in [0.25, 0.3) is 0 Å². The maximum atomic E-state index is 12.4. The number of ether oxygens (including phenoxy) is 1. The van der Waals surface area contributed by atoms with Crippen LogP contribution in [0.5, 0.6) is 0 Å². The first-order chi connectivity index (χ1) is 12.4. The lowest BCUT2D eigenvalue weighted by Crippen LogP contribution is -2.49. The molecule has 7 heteroatoms. The topological polar surface area (TPSA) is 70.2 Å². The number of piperidine rings is 2. The molecule has 2 aliphatic heterocycles. The van der Waals surface area contributed by atoms with Gasteiger partial charge in [-0.2, -0.15) is 0 Å². The Labute approximate surface area is 156 Å². The molecule has 0 unspecified atom stereocenters. The van der Waals surface area contributed by atoms with E-state index in [1.165, 1.54) is 0 Å². The standard InChI is InChI=1S/C19H33N3O4/c1-4-26-19(25)21-12-7-17(8-13-21)22(16(3)23)14-9-18(24)20-10-5-15(2)6-11-20/h15,17H,4-14H2,1-3H3. The van der Waals surface area contributed by atoms with E-state index in [4.69, 9.17) is 4.74 Å². The highest BCUT2D eigenvalue weighted by Crippen LogP contribution is 2.20. The molecule has 0 radical (unpaired) electrons. The van der Waals surface area contributed by atoms with Crippen LogP contribution in [-0.4, -0.2) is 78.0 Å². The van der Waals surface area contributed by atoms with Gasteiger partial charge in [0.05, 0.1) is 6.61 Å². The molecule has 3 amide bonds. The van der Waals surface area contributed by atoms with E-state index in [1.807, 2.05) is 9.80 Å². The van der Waals surface area contributed by atoms with E-state index in [2.05, 4.69) is 6.92 Å². The van der Waals surface area contributed by atoms with Crippen molar-refractivity contribution in [2.24, 2.45) is 5.92 Å². The number of carbonyl (C=O) groups is 3. The van der Waals surface area contributed by atoms with Crippen LogP contribution in [0.3, 0.4) is 0 Å². The van der Waals surface area contributed by atoms with Crippen LogP contribution in [0.15, 0.2) is 0 Å². The normalized spacial score (nSPS) is 19.3. The fraction of sp³-hybridized carbons (Fsp3) is 0.842. The molecular formula is C19H33N3O4. The van der Waals surface area contributed by atoms with Gasteiger partial charge >= 0.3 is 6.09 Å². The molecule has 2 aliphatic rings. The van der Waals surface area contributed by atoms with Crippen LogP contribution in [0, 0.1) is 5.92 Å². The second kappa shape index (κ2) is 9.78. The number of hydrogen-bond acceptors (Lipinski definition) is 4. The van der Waals surface area contributed by atoms with Gasteiger partial charge in [-0.3, -0.25) is 9.59 Å². The molecule has 0 aromatic heterocycles. The van der Waals surface area contributed by atoms with Crippen molar-refractivity contribution in [3.8, 4) is 0 Å². The minimum atomic E-state index is -0.283. The first-order valence-corrected chi connectivity index (χ1v) is 9.89. The first-order valence-electron chi connectivity index (χ1n) is 9.89. The second-order valence-electron chi connectivity index (χ2n) is 7.44. The number of amides is 3. The molecule has 0 aromatic carbocycles. The summed E-state index contributed by atoms with van der Waals surface area (Å²) in [5, 5.41) is 0. The van der Waals surface area contributed by atoms with Gasteiger partial charge in [0.1, 0.15) is 0 Å². The summed E-state index contributed by atoms with van der Waals surface area (Å²) in [6.45, 7) is 9.25. The van der Waals surface area contributed by atoms with Gasteiger partial charge in [-0.25, -0.2) is 4.79 Å². The van der Waals surface area contributed by atoms with Crippen LogP contribution in [0.25, 0.3) is 0 Å². The minimum absolute atomic E-state index is 0.000323. The van der Waals surface area contributed by atoms with E-state index < -0.39 is 0 Å². The Kier molecular flexibility index (Phi) is 7.72. The fourth-order valence-electron chi connectivity index (χ4n) is 3.80. The maximum absolute atomic E-state index is 12.4. The second-order valence-corrected chi connectivity index (χ2v) is 7.44. The van der Waals surface area contributed by atoms with Crippen molar-refractivity contribution in [2.75, 3.05) is 39.3 Å². The lowest BCUT2D eigenvalue weighted by atomic mass is 9.99. The summed E-state index contributed by atoms with van der Waals surface area (Å²) in [4.78, 5) is 41.8. The molecule has 26 heavy (non-hydrogen) atoms. The predicted octanol–water partition coefficient (Wildman–Crippen LogP) is 2.10. The van der Waals surface area contributed by atoms with Crippen LogP contribution in [-0.2, 0) is 14.3 Å². The number of rotatable bonds is 5. The monoisotopic (exact) mass is 367 g/mol. The largest absolute Gasteiger partial charge is 0.450 e. The summed E-state index contributed by atoms with van der Waals surface area (Å²) in [7, 11) is 0. The zero-order valence-electron chi connectivity index (χ0n) is 16.4. The Bertz CT molecular complexity index is 495. The molecule has 2 heterocycles. The Morgan fingerprint density at radius 2 is 1.58 bits per heavy atom. The zero-order valence-corrected chi connectivity index (χ0v) is 16.4. The average Bonchev–Trinajstić information content (AvgIpc) is 2.62. The van der Waals surface area contributed by atoms with Crippen LogP contribution in [0.2, 0.25) is 0 Å². The van der Waals surface area contributed by atoms with E-state index in [1.54, 1.807) is 18.7 Å². The van der Waals surface area contributed by atoms with E-state index in [0.29, 0.717) is 38.6 Å². The molecular weight excluding hydrogens is 334 g/mol. The van der Waals surface area contributed by atoms with Gasteiger partial charge in [-0.15, -0.1) is 0 Å².